The van der Waals surface area contributed by atoms with Crippen molar-refractivity contribution < 1.29 is 4.79 Å². The van der Waals surface area contributed by atoms with E-state index in [0.717, 1.165) is 38.6 Å². The molecule has 116 valence electrons. The van der Waals surface area contributed by atoms with Crippen molar-refractivity contribution in [2.75, 3.05) is 6.54 Å². The van der Waals surface area contributed by atoms with Crippen LogP contribution in [0.15, 0.2) is 0 Å². The molecule has 1 fully saturated rings. The average molecular weight is 298 g/mol. The van der Waals surface area contributed by atoms with E-state index in [2.05, 4.69) is 12.2 Å². The lowest BCUT2D eigenvalue weighted by Crippen LogP contribution is -2.50. The molecule has 0 aliphatic heterocycles. The largest absolute Gasteiger partial charge is 0.392 e. The molecule has 1 aliphatic rings. The first-order valence-electron chi connectivity index (χ1n) is 8.21. The van der Waals surface area contributed by atoms with Crippen LogP contribution in [0.4, 0.5) is 0 Å². The van der Waals surface area contributed by atoms with Gasteiger partial charge in [0.25, 0.3) is 0 Å². The predicted octanol–water partition coefficient (Wildman–Crippen LogP) is 3.70. The van der Waals surface area contributed by atoms with E-state index >= 15 is 0 Å². The van der Waals surface area contributed by atoms with Gasteiger partial charge in [0.2, 0.25) is 5.91 Å². The van der Waals surface area contributed by atoms with E-state index < -0.39 is 5.41 Å². The number of hydrogen-bond acceptors (Lipinski definition) is 2. The molecular weight excluding hydrogens is 268 g/mol. The minimum Gasteiger partial charge on any atom is -0.392 e. The monoisotopic (exact) mass is 298 g/mol. The van der Waals surface area contributed by atoms with Crippen molar-refractivity contribution in [1.29, 1.82) is 0 Å². The number of thiocarbonyl (C=S) groups is 1. The molecule has 20 heavy (non-hydrogen) atoms. The number of nitrogens with one attached hydrogen (secondary N) is 1. The fourth-order valence-electron chi connectivity index (χ4n) is 3.02. The molecule has 0 saturated heterocycles. The smallest absolute Gasteiger partial charge is 0.233 e. The predicted molar refractivity (Wildman–Crippen MR) is 88.7 cm³/mol. The van der Waals surface area contributed by atoms with Crippen LogP contribution in [0.2, 0.25) is 0 Å². The molecule has 0 spiro atoms. The van der Waals surface area contributed by atoms with Crippen molar-refractivity contribution in [3.05, 3.63) is 0 Å². The van der Waals surface area contributed by atoms with Crippen molar-refractivity contribution in [2.45, 2.75) is 77.6 Å². The van der Waals surface area contributed by atoms with Gasteiger partial charge in [-0.1, -0.05) is 70.5 Å². The maximum Gasteiger partial charge on any atom is 0.233 e. The first-order chi connectivity index (χ1) is 9.63. The van der Waals surface area contributed by atoms with Crippen LogP contribution in [0.3, 0.4) is 0 Å². The van der Waals surface area contributed by atoms with Crippen LogP contribution in [0.25, 0.3) is 0 Å². The molecule has 1 aliphatic carbocycles. The van der Waals surface area contributed by atoms with E-state index in [1.807, 2.05) is 0 Å². The zero-order chi connectivity index (χ0) is 14.8. The van der Waals surface area contributed by atoms with Gasteiger partial charge in [0.1, 0.15) is 0 Å². The Balaban J connectivity index is 2.27. The molecule has 1 rings (SSSR count). The lowest BCUT2D eigenvalue weighted by molar-refractivity contribution is -0.128. The Labute approximate surface area is 129 Å². The van der Waals surface area contributed by atoms with Crippen LogP contribution in [0.5, 0.6) is 0 Å². The summed E-state index contributed by atoms with van der Waals surface area (Å²) in [5, 5.41) is 3.06. The van der Waals surface area contributed by atoms with E-state index in [1.165, 1.54) is 38.5 Å². The van der Waals surface area contributed by atoms with Gasteiger partial charge in [-0.15, -0.1) is 0 Å². The molecular formula is C16H30N2OS. The Bertz CT molecular complexity index is 312. The molecule has 0 aromatic rings. The van der Waals surface area contributed by atoms with Gasteiger partial charge in [-0.3, -0.25) is 4.79 Å². The minimum absolute atomic E-state index is 0.0678. The topological polar surface area (TPSA) is 55.1 Å². The Morgan fingerprint density at radius 1 is 1.10 bits per heavy atom. The second-order valence-electron chi connectivity index (χ2n) is 6.03. The van der Waals surface area contributed by atoms with Crippen LogP contribution in [0.1, 0.15) is 77.6 Å². The van der Waals surface area contributed by atoms with Gasteiger partial charge >= 0.3 is 0 Å². The maximum absolute atomic E-state index is 12.4. The average Bonchev–Trinajstić information content (AvgIpc) is 2.46. The summed E-state index contributed by atoms with van der Waals surface area (Å²) in [5.41, 5.74) is 5.30. The Kier molecular flexibility index (Phi) is 8.12. The Morgan fingerprint density at radius 2 is 1.70 bits per heavy atom. The number of hydrogen-bond donors (Lipinski definition) is 2. The summed E-state index contributed by atoms with van der Waals surface area (Å²) in [6.45, 7) is 2.98. The zero-order valence-electron chi connectivity index (χ0n) is 12.9. The molecule has 3 nitrogen and oxygen atoms in total. The van der Waals surface area contributed by atoms with Crippen LogP contribution in [0, 0.1) is 5.41 Å². The van der Waals surface area contributed by atoms with Gasteiger partial charge in [0.15, 0.2) is 0 Å². The zero-order valence-corrected chi connectivity index (χ0v) is 13.7. The van der Waals surface area contributed by atoms with Crippen molar-refractivity contribution in [3.8, 4) is 0 Å². The van der Waals surface area contributed by atoms with E-state index in [0.29, 0.717) is 4.99 Å². The molecule has 0 aromatic heterocycles. The molecule has 0 radical (unpaired) electrons. The first-order valence-corrected chi connectivity index (χ1v) is 8.62. The second-order valence-corrected chi connectivity index (χ2v) is 6.47. The lowest BCUT2D eigenvalue weighted by atomic mass is 9.73. The third-order valence-corrected chi connectivity index (χ3v) is 4.82. The molecule has 3 N–H and O–H groups in total. The second kappa shape index (κ2) is 9.32. The maximum atomic E-state index is 12.4. The quantitative estimate of drug-likeness (QED) is 0.504. The standard InChI is InChI=1S/C16H30N2OS/c1-2-3-4-5-6-10-13-18-15(19)16(14(17)20)11-8-7-9-12-16/h2-13H2,1H3,(H2,17,20)(H,18,19). The fraction of sp³-hybridized carbons (Fsp3) is 0.875. The summed E-state index contributed by atoms with van der Waals surface area (Å²) in [6, 6.07) is 0. The van der Waals surface area contributed by atoms with Gasteiger partial charge in [0, 0.05) is 6.54 Å². The Hall–Kier alpha value is -0.640. The van der Waals surface area contributed by atoms with Crippen molar-refractivity contribution in [2.24, 2.45) is 11.1 Å². The minimum atomic E-state index is -0.560. The fourth-order valence-corrected chi connectivity index (χ4v) is 3.31. The summed E-state index contributed by atoms with van der Waals surface area (Å²) in [6.07, 6.45) is 12.4. The number of nitrogens with two attached hydrogens (primary N) is 1. The van der Waals surface area contributed by atoms with Crippen LogP contribution >= 0.6 is 12.2 Å². The van der Waals surface area contributed by atoms with Gasteiger partial charge < -0.3 is 11.1 Å². The third-order valence-electron chi connectivity index (χ3n) is 4.43. The number of carbonyl (C=O) groups excluding carboxylic acids is 1. The summed E-state index contributed by atoms with van der Waals surface area (Å²) < 4.78 is 0. The highest BCUT2D eigenvalue weighted by atomic mass is 32.1. The summed E-state index contributed by atoms with van der Waals surface area (Å²) in [7, 11) is 0. The molecule has 0 heterocycles. The Morgan fingerprint density at radius 3 is 2.30 bits per heavy atom. The van der Waals surface area contributed by atoms with E-state index in [4.69, 9.17) is 18.0 Å². The molecule has 1 amide bonds. The summed E-state index contributed by atoms with van der Waals surface area (Å²) >= 11 is 5.17. The lowest BCUT2D eigenvalue weighted by Gasteiger charge is -2.34. The van der Waals surface area contributed by atoms with E-state index in [9.17, 15) is 4.79 Å². The van der Waals surface area contributed by atoms with Crippen molar-refractivity contribution in [1.82, 2.24) is 5.32 Å². The third kappa shape index (κ3) is 5.04. The first kappa shape index (κ1) is 17.4. The molecule has 1 saturated carbocycles. The molecule has 4 heteroatoms. The summed E-state index contributed by atoms with van der Waals surface area (Å²) in [5.74, 6) is 0.0678. The van der Waals surface area contributed by atoms with Crippen LogP contribution in [-0.4, -0.2) is 17.4 Å². The highest BCUT2D eigenvalue weighted by Gasteiger charge is 2.41. The van der Waals surface area contributed by atoms with Crippen molar-refractivity contribution in [3.63, 3.8) is 0 Å². The molecule has 0 atom stereocenters. The van der Waals surface area contributed by atoms with Gasteiger partial charge in [-0.25, -0.2) is 0 Å². The van der Waals surface area contributed by atoms with Gasteiger partial charge in [-0.05, 0) is 19.3 Å². The van der Waals surface area contributed by atoms with Crippen LogP contribution in [-0.2, 0) is 4.79 Å². The van der Waals surface area contributed by atoms with Gasteiger partial charge in [0.05, 0.1) is 10.4 Å². The number of unbranched alkanes of at least 4 members (excludes halogenated alkanes) is 5. The molecule has 0 bridgehead atoms. The highest BCUT2D eigenvalue weighted by Crippen LogP contribution is 2.36. The highest BCUT2D eigenvalue weighted by molar-refractivity contribution is 7.80. The SMILES string of the molecule is CCCCCCCCNC(=O)C1(C(N)=S)CCCCC1. The molecule has 0 aromatic carbocycles. The number of amides is 1. The van der Waals surface area contributed by atoms with Gasteiger partial charge in [-0.2, -0.15) is 0 Å². The summed E-state index contributed by atoms with van der Waals surface area (Å²) in [4.78, 5) is 12.8. The number of carbonyl (C=O) groups is 1. The van der Waals surface area contributed by atoms with Crippen LogP contribution < -0.4 is 11.1 Å². The molecule has 0 unspecified atom stereocenters. The van der Waals surface area contributed by atoms with E-state index in [1.54, 1.807) is 0 Å². The number of rotatable bonds is 9. The normalized spacial score (nSPS) is 17.6. The van der Waals surface area contributed by atoms with Crippen molar-refractivity contribution >= 4 is 23.1 Å². The van der Waals surface area contributed by atoms with E-state index in [-0.39, 0.29) is 5.91 Å².